The third kappa shape index (κ3) is 5.21. The average molecular weight is 514 g/mol. The van der Waals surface area contributed by atoms with Crippen molar-refractivity contribution in [1.29, 1.82) is 0 Å². The summed E-state index contributed by atoms with van der Waals surface area (Å²) in [5.74, 6) is -4.52. The highest BCUT2D eigenvalue weighted by molar-refractivity contribution is 7.12. The van der Waals surface area contributed by atoms with Crippen LogP contribution in [0.25, 0.3) is 10.8 Å². The first kappa shape index (κ1) is 25.2. The second kappa shape index (κ2) is 10.4. The van der Waals surface area contributed by atoms with Crippen LogP contribution in [0.15, 0.2) is 78.2 Å². The van der Waals surface area contributed by atoms with E-state index in [2.05, 4.69) is 5.32 Å². The maximum Gasteiger partial charge on any atom is 0.450 e. The van der Waals surface area contributed by atoms with E-state index < -0.39 is 29.7 Å². The summed E-state index contributed by atoms with van der Waals surface area (Å²) in [7, 11) is 2.82. The summed E-state index contributed by atoms with van der Waals surface area (Å²) in [5.41, 5.74) is 0.709. The summed E-state index contributed by atoms with van der Waals surface area (Å²) in [6.07, 6.45) is -5.22. The summed E-state index contributed by atoms with van der Waals surface area (Å²) >= 11 is 0.980. The number of halogens is 3. The summed E-state index contributed by atoms with van der Waals surface area (Å²) in [6.45, 7) is 0. The van der Waals surface area contributed by atoms with Crippen molar-refractivity contribution in [2.24, 2.45) is 5.92 Å². The molecule has 186 valence electrons. The van der Waals surface area contributed by atoms with Gasteiger partial charge in [0.2, 0.25) is 5.78 Å². The number of benzene rings is 3. The second-order valence-electron chi connectivity index (χ2n) is 7.98. The summed E-state index contributed by atoms with van der Waals surface area (Å²) in [5, 5.41) is 6.39. The Kier molecular flexibility index (Phi) is 7.30. The number of fused-ring (bicyclic) bond motifs is 1. The molecule has 0 saturated heterocycles. The zero-order valence-corrected chi connectivity index (χ0v) is 20.2. The van der Waals surface area contributed by atoms with E-state index in [4.69, 9.17) is 9.47 Å². The molecule has 0 aliphatic rings. The van der Waals surface area contributed by atoms with Crippen molar-refractivity contribution in [2.45, 2.75) is 12.2 Å². The molecule has 1 aromatic heterocycles. The zero-order chi connectivity index (χ0) is 25.9. The van der Waals surface area contributed by atoms with Crippen LogP contribution in [-0.2, 0) is 4.79 Å². The van der Waals surface area contributed by atoms with Gasteiger partial charge in [-0.1, -0.05) is 42.5 Å². The number of alkyl halides is 3. The summed E-state index contributed by atoms with van der Waals surface area (Å²) in [6, 6.07) is 18.9. The maximum absolute atomic E-state index is 13.8. The number of rotatable bonds is 9. The van der Waals surface area contributed by atoms with Crippen LogP contribution in [-0.4, -0.2) is 32.0 Å². The minimum absolute atomic E-state index is 0.0587. The van der Waals surface area contributed by atoms with Crippen LogP contribution in [0, 0.1) is 5.92 Å². The molecule has 9 heteroatoms. The number of carbonyl (C=O) groups is 2. The first-order valence-electron chi connectivity index (χ1n) is 10.9. The summed E-state index contributed by atoms with van der Waals surface area (Å²) < 4.78 is 52.0. The maximum atomic E-state index is 13.8. The Morgan fingerprint density at radius 3 is 2.22 bits per heavy atom. The fourth-order valence-electron chi connectivity index (χ4n) is 4.03. The molecule has 1 heterocycles. The molecular formula is C27H22F3NO4S. The molecule has 0 spiro atoms. The highest BCUT2D eigenvalue weighted by Crippen LogP contribution is 2.39. The van der Waals surface area contributed by atoms with Crippen molar-refractivity contribution in [2.75, 3.05) is 19.5 Å². The van der Waals surface area contributed by atoms with E-state index in [9.17, 15) is 22.8 Å². The minimum Gasteiger partial charge on any atom is -0.493 e. The predicted octanol–water partition coefficient (Wildman–Crippen LogP) is 6.70. The second-order valence-corrected chi connectivity index (χ2v) is 8.93. The number of hydrogen-bond acceptors (Lipinski definition) is 6. The van der Waals surface area contributed by atoms with Crippen LogP contribution in [0.5, 0.6) is 11.5 Å². The van der Waals surface area contributed by atoms with E-state index in [1.165, 1.54) is 38.5 Å². The lowest BCUT2D eigenvalue weighted by Gasteiger charge is -2.28. The number of ketones is 2. The number of nitrogens with one attached hydrogen (secondary N) is 1. The molecule has 2 unspecified atom stereocenters. The molecule has 0 aliphatic carbocycles. The Balaban J connectivity index is 1.87. The molecule has 0 aliphatic heterocycles. The van der Waals surface area contributed by atoms with E-state index >= 15 is 0 Å². The van der Waals surface area contributed by atoms with Gasteiger partial charge in [-0.15, -0.1) is 11.3 Å². The molecule has 4 aromatic rings. The molecule has 1 N–H and O–H groups in total. The van der Waals surface area contributed by atoms with Crippen molar-refractivity contribution in [3.63, 3.8) is 0 Å². The minimum atomic E-state index is -5.22. The highest BCUT2D eigenvalue weighted by atomic mass is 32.1. The quantitative estimate of drug-likeness (QED) is 0.199. The van der Waals surface area contributed by atoms with Crippen LogP contribution in [0.2, 0.25) is 0 Å². The molecule has 3 aromatic carbocycles. The van der Waals surface area contributed by atoms with Crippen LogP contribution >= 0.6 is 11.3 Å². The van der Waals surface area contributed by atoms with Gasteiger partial charge in [0.1, 0.15) is 5.92 Å². The lowest BCUT2D eigenvalue weighted by molar-refractivity contribution is -0.174. The van der Waals surface area contributed by atoms with E-state index in [1.54, 1.807) is 23.6 Å². The van der Waals surface area contributed by atoms with E-state index in [0.29, 0.717) is 11.4 Å². The molecule has 0 amide bonds. The molecule has 0 fully saturated rings. The van der Waals surface area contributed by atoms with E-state index in [-0.39, 0.29) is 16.2 Å². The molecule has 2 atom stereocenters. The van der Waals surface area contributed by atoms with Crippen molar-refractivity contribution < 1.29 is 32.2 Å². The summed E-state index contributed by atoms with van der Waals surface area (Å²) in [4.78, 5) is 26.2. The van der Waals surface area contributed by atoms with Gasteiger partial charge in [-0.2, -0.15) is 13.2 Å². The number of anilines is 1. The molecule has 0 bridgehead atoms. The van der Waals surface area contributed by atoms with E-state index in [1.807, 2.05) is 30.3 Å². The number of carbonyl (C=O) groups excluding carboxylic acids is 2. The lowest BCUT2D eigenvalue weighted by atomic mass is 9.84. The van der Waals surface area contributed by atoms with Crippen LogP contribution in [0.4, 0.5) is 18.9 Å². The molecule has 5 nitrogen and oxygen atoms in total. The van der Waals surface area contributed by atoms with Crippen LogP contribution in [0.1, 0.15) is 21.3 Å². The van der Waals surface area contributed by atoms with Crippen molar-refractivity contribution in [3.05, 3.63) is 88.6 Å². The average Bonchev–Trinajstić information content (AvgIpc) is 3.42. The predicted molar refractivity (Wildman–Crippen MR) is 133 cm³/mol. The number of hydrogen-bond donors (Lipinski definition) is 1. The normalized spacial score (nSPS) is 13.1. The Morgan fingerprint density at radius 1 is 0.861 bits per heavy atom. The van der Waals surface area contributed by atoms with Gasteiger partial charge in [0, 0.05) is 5.69 Å². The fraction of sp³-hybridized carbons (Fsp3) is 0.185. The van der Waals surface area contributed by atoms with Gasteiger partial charge in [-0.05, 0) is 52.0 Å². The topological polar surface area (TPSA) is 64.6 Å². The standard InChI is InChI=1S/C27H22F3NO4S/c1-34-20-12-10-18(15-21(20)35-2)24(31-19-11-9-16-6-3-4-7-17(16)14-19)23(26(33)27(28,29)30)25(32)22-8-5-13-36-22/h3-15,23-24,31H,1-2H3. The molecule has 0 saturated carbocycles. The van der Waals surface area contributed by atoms with Crippen LogP contribution < -0.4 is 14.8 Å². The highest BCUT2D eigenvalue weighted by Gasteiger charge is 2.50. The number of ether oxygens (including phenoxy) is 2. The Morgan fingerprint density at radius 2 is 1.58 bits per heavy atom. The lowest BCUT2D eigenvalue weighted by Crippen LogP contribution is -2.41. The van der Waals surface area contributed by atoms with Crippen LogP contribution in [0.3, 0.4) is 0 Å². The molecule has 36 heavy (non-hydrogen) atoms. The Bertz CT molecular complexity index is 1390. The number of thiophene rings is 1. The SMILES string of the molecule is COc1ccc(C(Nc2ccc3ccccc3c2)C(C(=O)c2cccs2)C(=O)C(F)(F)F)cc1OC. The largest absolute Gasteiger partial charge is 0.493 e. The van der Waals surface area contributed by atoms with Gasteiger partial charge in [0.15, 0.2) is 17.3 Å². The monoisotopic (exact) mass is 513 g/mol. The fourth-order valence-corrected chi connectivity index (χ4v) is 4.74. The third-order valence-electron chi connectivity index (χ3n) is 5.78. The van der Waals surface area contributed by atoms with Crippen molar-refractivity contribution in [3.8, 4) is 11.5 Å². The van der Waals surface area contributed by atoms with E-state index in [0.717, 1.165) is 22.1 Å². The van der Waals surface area contributed by atoms with Gasteiger partial charge in [-0.3, -0.25) is 9.59 Å². The Labute approximate surface area is 209 Å². The van der Waals surface area contributed by atoms with Gasteiger partial charge >= 0.3 is 6.18 Å². The molecule has 4 rings (SSSR count). The molecule has 0 radical (unpaired) electrons. The first-order chi connectivity index (χ1) is 17.2. The van der Waals surface area contributed by atoms with Crippen molar-refractivity contribution in [1.82, 2.24) is 0 Å². The smallest absolute Gasteiger partial charge is 0.450 e. The zero-order valence-electron chi connectivity index (χ0n) is 19.3. The van der Waals surface area contributed by atoms with Gasteiger partial charge in [0.05, 0.1) is 25.1 Å². The van der Waals surface area contributed by atoms with Gasteiger partial charge < -0.3 is 14.8 Å². The first-order valence-corrected chi connectivity index (χ1v) is 11.8. The Hall–Kier alpha value is -3.85. The van der Waals surface area contributed by atoms with Gasteiger partial charge in [0.25, 0.3) is 0 Å². The molecular weight excluding hydrogens is 491 g/mol. The van der Waals surface area contributed by atoms with Gasteiger partial charge in [-0.25, -0.2) is 0 Å². The number of methoxy groups -OCH3 is 2. The number of Topliss-reactive ketones (excluding diaryl/α,β-unsaturated/α-hetero) is 2. The third-order valence-corrected chi connectivity index (χ3v) is 6.66. The van der Waals surface area contributed by atoms with Crippen molar-refractivity contribution >= 4 is 39.4 Å².